The van der Waals surface area contributed by atoms with Gasteiger partial charge in [0.15, 0.2) is 5.76 Å². The third kappa shape index (κ3) is 3.31. The first-order valence-electron chi connectivity index (χ1n) is 8.52. The van der Waals surface area contributed by atoms with Gasteiger partial charge in [0.1, 0.15) is 5.76 Å². The normalized spacial score (nSPS) is 17.1. The second-order valence-corrected chi connectivity index (χ2v) is 6.54. The summed E-state index contributed by atoms with van der Waals surface area (Å²) >= 11 is 0. The Morgan fingerprint density at radius 1 is 1.36 bits per heavy atom. The van der Waals surface area contributed by atoms with Gasteiger partial charge in [-0.2, -0.15) is 5.10 Å². The van der Waals surface area contributed by atoms with Crippen LogP contribution in [0.3, 0.4) is 0 Å². The van der Waals surface area contributed by atoms with Gasteiger partial charge in [0.25, 0.3) is 5.91 Å². The van der Waals surface area contributed by atoms with Crippen LogP contribution in [0.5, 0.6) is 0 Å². The lowest BCUT2D eigenvalue weighted by molar-refractivity contribution is -0.119. The Morgan fingerprint density at radius 2 is 2.12 bits per heavy atom. The Labute approximate surface area is 147 Å². The smallest absolute Gasteiger partial charge is 0.290 e. The summed E-state index contributed by atoms with van der Waals surface area (Å²) in [6, 6.07) is 3.44. The van der Waals surface area contributed by atoms with Crippen LogP contribution in [0.2, 0.25) is 0 Å². The van der Waals surface area contributed by atoms with E-state index in [0.29, 0.717) is 18.1 Å². The molecule has 0 radical (unpaired) electrons. The van der Waals surface area contributed by atoms with Crippen molar-refractivity contribution in [2.45, 2.75) is 46.2 Å². The lowest BCUT2D eigenvalue weighted by Crippen LogP contribution is -2.30. The van der Waals surface area contributed by atoms with E-state index in [4.69, 9.17) is 4.42 Å². The molecule has 7 nitrogen and oxygen atoms in total. The number of carbonyl (C=O) groups excluding carboxylic acids is 2. The van der Waals surface area contributed by atoms with Gasteiger partial charge in [-0.3, -0.25) is 14.3 Å². The van der Waals surface area contributed by atoms with Gasteiger partial charge < -0.3 is 14.6 Å². The molecule has 7 heteroatoms. The zero-order valence-electron chi connectivity index (χ0n) is 15.1. The highest BCUT2D eigenvalue weighted by Crippen LogP contribution is 2.36. The van der Waals surface area contributed by atoms with Crippen LogP contribution < -0.4 is 5.32 Å². The lowest BCUT2D eigenvalue weighted by Gasteiger charge is -2.24. The van der Waals surface area contributed by atoms with Crippen molar-refractivity contribution in [2.75, 3.05) is 6.54 Å². The van der Waals surface area contributed by atoms with Crippen LogP contribution in [0.4, 0.5) is 0 Å². The average molecular weight is 344 g/mol. The highest BCUT2D eigenvalue weighted by molar-refractivity contribution is 5.92. The van der Waals surface area contributed by atoms with Crippen LogP contribution in [-0.2, 0) is 18.4 Å². The molecule has 2 amide bonds. The number of likely N-dealkylation sites (tertiary alicyclic amines) is 1. The van der Waals surface area contributed by atoms with Crippen molar-refractivity contribution in [1.29, 1.82) is 0 Å². The van der Waals surface area contributed by atoms with Crippen molar-refractivity contribution >= 4 is 11.8 Å². The van der Waals surface area contributed by atoms with Gasteiger partial charge in [0.05, 0.1) is 18.3 Å². The van der Waals surface area contributed by atoms with Crippen LogP contribution in [0.25, 0.3) is 0 Å². The van der Waals surface area contributed by atoms with E-state index in [1.54, 1.807) is 12.1 Å². The average Bonchev–Trinajstić information content (AvgIpc) is 3.26. The maximum Gasteiger partial charge on any atom is 0.290 e. The first kappa shape index (κ1) is 17.3. The molecule has 0 unspecified atom stereocenters. The molecule has 0 spiro atoms. The highest BCUT2D eigenvalue weighted by Gasteiger charge is 2.35. The number of furan rings is 1. The van der Waals surface area contributed by atoms with Gasteiger partial charge >= 0.3 is 0 Å². The summed E-state index contributed by atoms with van der Waals surface area (Å²) in [6.07, 6.45) is 1.89. The van der Waals surface area contributed by atoms with Crippen molar-refractivity contribution < 1.29 is 14.0 Å². The molecule has 1 N–H and O–H groups in total. The fourth-order valence-electron chi connectivity index (χ4n) is 3.52. The molecule has 1 aliphatic heterocycles. The molecular weight excluding hydrogens is 320 g/mol. The summed E-state index contributed by atoms with van der Waals surface area (Å²) in [4.78, 5) is 25.8. The Balaban J connectivity index is 1.80. The van der Waals surface area contributed by atoms with Gasteiger partial charge in [0.2, 0.25) is 5.91 Å². The Morgan fingerprint density at radius 3 is 2.76 bits per heavy atom. The third-order valence-corrected chi connectivity index (χ3v) is 4.80. The second-order valence-electron chi connectivity index (χ2n) is 6.54. The first-order chi connectivity index (χ1) is 11.9. The van der Waals surface area contributed by atoms with E-state index in [1.165, 1.54) is 6.92 Å². The second kappa shape index (κ2) is 6.74. The molecule has 0 aromatic carbocycles. The fourth-order valence-corrected chi connectivity index (χ4v) is 3.52. The number of nitrogens with zero attached hydrogens (tertiary/aromatic N) is 3. The van der Waals surface area contributed by atoms with Crippen LogP contribution in [0.15, 0.2) is 16.5 Å². The quantitative estimate of drug-likeness (QED) is 0.922. The molecule has 1 aliphatic rings. The summed E-state index contributed by atoms with van der Waals surface area (Å²) in [6.45, 7) is 6.46. The maximum atomic E-state index is 12.9. The standard InChI is InChI=1S/C18H24N4O3/c1-11-17(12(2)21(4)20-11)15-6-5-9-22(15)18(24)16-8-7-14(25-16)10-19-13(3)23/h7-8,15H,5-6,9-10H2,1-4H3,(H,19,23)/t15-/m0/s1. The van der Waals surface area contributed by atoms with E-state index in [1.807, 2.05) is 30.5 Å². The number of rotatable bonds is 4. The minimum absolute atomic E-state index is 0.0325. The van der Waals surface area contributed by atoms with Crippen LogP contribution in [0.1, 0.15) is 59.1 Å². The van der Waals surface area contributed by atoms with Crippen molar-refractivity contribution in [2.24, 2.45) is 7.05 Å². The topological polar surface area (TPSA) is 80.4 Å². The van der Waals surface area contributed by atoms with Gasteiger partial charge in [-0.1, -0.05) is 0 Å². The molecule has 1 saturated heterocycles. The third-order valence-electron chi connectivity index (χ3n) is 4.80. The summed E-state index contributed by atoms with van der Waals surface area (Å²) < 4.78 is 7.50. The van der Waals surface area contributed by atoms with E-state index in [2.05, 4.69) is 10.4 Å². The van der Waals surface area contributed by atoms with Crippen LogP contribution >= 0.6 is 0 Å². The molecule has 3 heterocycles. The fraction of sp³-hybridized carbons (Fsp3) is 0.500. The molecule has 1 fully saturated rings. The Hall–Kier alpha value is -2.57. The minimum Gasteiger partial charge on any atom is -0.454 e. The molecule has 25 heavy (non-hydrogen) atoms. The van der Waals surface area contributed by atoms with Gasteiger partial charge in [-0.15, -0.1) is 0 Å². The molecule has 0 bridgehead atoms. The lowest BCUT2D eigenvalue weighted by atomic mass is 10.0. The highest BCUT2D eigenvalue weighted by atomic mass is 16.4. The Kier molecular flexibility index (Phi) is 4.65. The largest absolute Gasteiger partial charge is 0.454 e. The van der Waals surface area contributed by atoms with E-state index in [0.717, 1.165) is 29.8 Å². The number of aryl methyl sites for hydroxylation is 2. The van der Waals surface area contributed by atoms with Crippen molar-refractivity contribution in [1.82, 2.24) is 20.0 Å². The van der Waals surface area contributed by atoms with Gasteiger partial charge in [-0.25, -0.2) is 0 Å². The van der Waals surface area contributed by atoms with Crippen molar-refractivity contribution in [3.8, 4) is 0 Å². The van der Waals surface area contributed by atoms with E-state index >= 15 is 0 Å². The number of hydrogen-bond acceptors (Lipinski definition) is 4. The molecule has 1 atom stereocenters. The summed E-state index contributed by atoms with van der Waals surface area (Å²) in [5.74, 6) is 0.639. The van der Waals surface area contributed by atoms with Crippen molar-refractivity contribution in [3.05, 3.63) is 40.6 Å². The zero-order chi connectivity index (χ0) is 18.1. The maximum absolute atomic E-state index is 12.9. The predicted octanol–water partition coefficient (Wildman–Crippen LogP) is 2.24. The molecule has 0 aliphatic carbocycles. The van der Waals surface area contributed by atoms with Gasteiger partial charge in [0, 0.05) is 31.8 Å². The van der Waals surface area contributed by atoms with Crippen LogP contribution in [-0.4, -0.2) is 33.0 Å². The van der Waals surface area contributed by atoms with Crippen LogP contribution in [0, 0.1) is 13.8 Å². The van der Waals surface area contributed by atoms with Gasteiger partial charge in [-0.05, 0) is 38.8 Å². The minimum atomic E-state index is -0.133. The number of aromatic nitrogens is 2. The molecule has 3 rings (SSSR count). The number of hydrogen-bond donors (Lipinski definition) is 1. The summed E-state index contributed by atoms with van der Waals surface area (Å²) in [5, 5.41) is 7.15. The summed E-state index contributed by atoms with van der Waals surface area (Å²) in [7, 11) is 1.92. The first-order valence-corrected chi connectivity index (χ1v) is 8.52. The molecule has 2 aromatic rings. The van der Waals surface area contributed by atoms with Crippen molar-refractivity contribution in [3.63, 3.8) is 0 Å². The zero-order valence-corrected chi connectivity index (χ0v) is 15.1. The monoisotopic (exact) mass is 344 g/mol. The summed E-state index contributed by atoms with van der Waals surface area (Å²) in [5.41, 5.74) is 3.20. The van der Waals surface area contributed by atoms with E-state index in [9.17, 15) is 9.59 Å². The van der Waals surface area contributed by atoms with E-state index in [-0.39, 0.29) is 24.4 Å². The predicted molar refractivity (Wildman–Crippen MR) is 91.9 cm³/mol. The molecule has 134 valence electrons. The number of amides is 2. The Bertz CT molecular complexity index is 805. The number of carbonyl (C=O) groups is 2. The molecule has 0 saturated carbocycles. The molecular formula is C18H24N4O3. The molecule has 2 aromatic heterocycles. The number of nitrogens with one attached hydrogen (secondary N) is 1. The SMILES string of the molecule is CC(=O)NCc1ccc(C(=O)N2CCC[C@H]2c2c(C)nn(C)c2C)o1. The van der Waals surface area contributed by atoms with E-state index < -0.39 is 0 Å².